The van der Waals surface area contributed by atoms with Crippen LogP contribution in [-0.2, 0) is 6.54 Å². The highest BCUT2D eigenvalue weighted by Crippen LogP contribution is 2.16. The Hall–Kier alpha value is -3.47. The quantitative estimate of drug-likeness (QED) is 0.711. The second kappa shape index (κ2) is 8.95. The van der Waals surface area contributed by atoms with Crippen LogP contribution in [0.2, 0.25) is 0 Å². The van der Waals surface area contributed by atoms with Crippen LogP contribution >= 0.6 is 0 Å². The van der Waals surface area contributed by atoms with Gasteiger partial charge in [-0.05, 0) is 49.2 Å². The highest BCUT2D eigenvalue weighted by molar-refractivity contribution is 6.06. The third kappa shape index (κ3) is 4.43. The highest BCUT2D eigenvalue weighted by Gasteiger charge is 2.18. The van der Waals surface area contributed by atoms with Crippen molar-refractivity contribution in [3.8, 4) is 0 Å². The molecule has 5 nitrogen and oxygen atoms in total. The van der Waals surface area contributed by atoms with Crippen molar-refractivity contribution >= 4 is 17.5 Å². The van der Waals surface area contributed by atoms with Crippen LogP contribution < -0.4 is 10.2 Å². The summed E-state index contributed by atoms with van der Waals surface area (Å²) in [5.74, 6) is -0.468. The Balaban J connectivity index is 1.75. The van der Waals surface area contributed by atoms with E-state index in [1.165, 1.54) is 6.20 Å². The summed E-state index contributed by atoms with van der Waals surface area (Å²) in [6, 6.07) is 20.5. The molecule has 0 saturated carbocycles. The minimum absolute atomic E-state index is 0.234. The number of hydrogen-bond acceptors (Lipinski definition) is 3. The van der Waals surface area contributed by atoms with Crippen LogP contribution in [0.4, 0.5) is 5.69 Å². The van der Waals surface area contributed by atoms with E-state index >= 15 is 0 Å². The number of carbonyl (C=O) groups excluding carboxylic acids is 2. The summed E-state index contributed by atoms with van der Waals surface area (Å²) in [5, 5.41) is 2.91. The molecular formula is C23H23N3O2. The number of nitrogens with one attached hydrogen (secondary N) is 1. The fourth-order valence-corrected chi connectivity index (χ4v) is 2.96. The van der Waals surface area contributed by atoms with Crippen LogP contribution in [0.1, 0.15) is 38.9 Å². The van der Waals surface area contributed by atoms with Gasteiger partial charge in [-0.15, -0.1) is 0 Å². The molecule has 0 bridgehead atoms. The Labute approximate surface area is 165 Å². The Morgan fingerprint density at radius 2 is 1.71 bits per heavy atom. The van der Waals surface area contributed by atoms with Gasteiger partial charge in [-0.25, -0.2) is 0 Å². The average Bonchev–Trinajstić information content (AvgIpc) is 2.74. The molecule has 1 N–H and O–H groups in total. The van der Waals surface area contributed by atoms with Crippen molar-refractivity contribution in [2.75, 3.05) is 11.4 Å². The number of aromatic nitrogens is 1. The van der Waals surface area contributed by atoms with Crippen LogP contribution in [0.25, 0.3) is 0 Å². The maximum atomic E-state index is 12.9. The number of amides is 2. The summed E-state index contributed by atoms with van der Waals surface area (Å²) < 4.78 is 0. The predicted octanol–water partition coefficient (Wildman–Crippen LogP) is 3.99. The summed E-state index contributed by atoms with van der Waals surface area (Å²) in [6.07, 6.45) is 1.49. The lowest BCUT2D eigenvalue weighted by atomic mass is 10.1. The molecule has 2 amide bonds. The molecule has 0 aliphatic heterocycles. The fourth-order valence-electron chi connectivity index (χ4n) is 2.96. The van der Waals surface area contributed by atoms with Gasteiger partial charge in [0.25, 0.3) is 11.8 Å². The largest absolute Gasteiger partial charge is 0.348 e. The number of hydrogen-bond donors (Lipinski definition) is 1. The molecular weight excluding hydrogens is 350 g/mol. The van der Waals surface area contributed by atoms with Crippen LogP contribution in [0.3, 0.4) is 0 Å². The number of aryl methyl sites for hydroxylation is 1. The molecule has 0 aliphatic rings. The Morgan fingerprint density at radius 1 is 1.00 bits per heavy atom. The van der Waals surface area contributed by atoms with Gasteiger partial charge in [-0.1, -0.05) is 42.5 Å². The summed E-state index contributed by atoms with van der Waals surface area (Å²) in [6.45, 7) is 4.85. The molecule has 0 saturated heterocycles. The van der Waals surface area contributed by atoms with Gasteiger partial charge in [-0.3, -0.25) is 14.6 Å². The molecule has 0 radical (unpaired) electrons. The molecule has 0 fully saturated rings. The molecule has 3 aromatic rings. The molecule has 0 atom stereocenters. The van der Waals surface area contributed by atoms with Crippen molar-refractivity contribution in [2.24, 2.45) is 0 Å². The van der Waals surface area contributed by atoms with Gasteiger partial charge in [0, 0.05) is 30.5 Å². The first-order valence-electron chi connectivity index (χ1n) is 9.26. The molecule has 0 spiro atoms. The van der Waals surface area contributed by atoms with E-state index in [-0.39, 0.29) is 17.5 Å². The van der Waals surface area contributed by atoms with Crippen molar-refractivity contribution in [3.63, 3.8) is 0 Å². The maximum absolute atomic E-state index is 12.9. The zero-order valence-electron chi connectivity index (χ0n) is 16.1. The third-order valence-electron chi connectivity index (χ3n) is 4.57. The molecule has 0 aliphatic carbocycles. The molecule has 28 heavy (non-hydrogen) atoms. The number of para-hydroxylation sites is 1. The molecule has 142 valence electrons. The molecule has 1 heterocycles. The first-order valence-corrected chi connectivity index (χ1v) is 9.26. The predicted molar refractivity (Wildman–Crippen MR) is 110 cm³/mol. The van der Waals surface area contributed by atoms with Gasteiger partial charge in [0.1, 0.15) is 5.69 Å². The number of carbonyl (C=O) groups is 2. The van der Waals surface area contributed by atoms with Gasteiger partial charge < -0.3 is 10.2 Å². The van der Waals surface area contributed by atoms with Gasteiger partial charge in [0.2, 0.25) is 0 Å². The van der Waals surface area contributed by atoms with E-state index in [9.17, 15) is 9.59 Å². The average molecular weight is 373 g/mol. The van der Waals surface area contributed by atoms with E-state index in [2.05, 4.69) is 10.3 Å². The lowest BCUT2D eigenvalue weighted by molar-refractivity contribution is 0.0950. The highest BCUT2D eigenvalue weighted by atomic mass is 16.2. The van der Waals surface area contributed by atoms with Gasteiger partial charge >= 0.3 is 0 Å². The SMILES string of the molecule is CCN(C(=O)c1cc(C(=O)NCc2ccccc2C)ccn1)c1ccccc1. The Morgan fingerprint density at radius 3 is 2.43 bits per heavy atom. The number of benzene rings is 2. The van der Waals surface area contributed by atoms with Crippen molar-refractivity contribution in [2.45, 2.75) is 20.4 Å². The second-order valence-corrected chi connectivity index (χ2v) is 6.42. The number of pyridine rings is 1. The molecule has 1 aromatic heterocycles. The number of nitrogens with zero attached hydrogens (tertiary/aromatic N) is 2. The van der Waals surface area contributed by atoms with E-state index in [4.69, 9.17) is 0 Å². The topological polar surface area (TPSA) is 62.3 Å². The Bertz CT molecular complexity index is 970. The van der Waals surface area contributed by atoms with E-state index in [1.54, 1.807) is 17.0 Å². The molecule has 5 heteroatoms. The number of anilines is 1. The van der Waals surface area contributed by atoms with Crippen LogP contribution in [0.5, 0.6) is 0 Å². The van der Waals surface area contributed by atoms with Crippen molar-refractivity contribution in [3.05, 3.63) is 95.3 Å². The third-order valence-corrected chi connectivity index (χ3v) is 4.57. The van der Waals surface area contributed by atoms with E-state index in [0.29, 0.717) is 18.7 Å². The molecule has 2 aromatic carbocycles. The standard InChI is InChI=1S/C23H23N3O2/c1-3-26(20-11-5-4-6-12-20)23(28)21-15-18(13-14-24-21)22(27)25-16-19-10-8-7-9-17(19)2/h4-15H,3,16H2,1-2H3,(H,25,27). The molecule has 0 unspecified atom stereocenters. The van der Waals surface area contributed by atoms with Crippen molar-refractivity contribution < 1.29 is 9.59 Å². The summed E-state index contributed by atoms with van der Waals surface area (Å²) in [4.78, 5) is 31.3. The van der Waals surface area contributed by atoms with Crippen LogP contribution in [0, 0.1) is 6.92 Å². The first kappa shape index (κ1) is 19.3. The summed E-state index contributed by atoms with van der Waals surface area (Å²) in [7, 11) is 0. The van der Waals surface area contributed by atoms with Gasteiger partial charge in [-0.2, -0.15) is 0 Å². The minimum Gasteiger partial charge on any atom is -0.348 e. The Kier molecular flexibility index (Phi) is 6.17. The first-order chi connectivity index (χ1) is 13.6. The van der Waals surface area contributed by atoms with E-state index in [0.717, 1.165) is 16.8 Å². The zero-order chi connectivity index (χ0) is 19.9. The number of rotatable bonds is 6. The fraction of sp³-hybridized carbons (Fsp3) is 0.174. The maximum Gasteiger partial charge on any atom is 0.276 e. The van der Waals surface area contributed by atoms with E-state index in [1.807, 2.05) is 68.4 Å². The van der Waals surface area contributed by atoms with Crippen molar-refractivity contribution in [1.29, 1.82) is 0 Å². The monoisotopic (exact) mass is 373 g/mol. The summed E-state index contributed by atoms with van der Waals surface area (Å²) >= 11 is 0. The van der Waals surface area contributed by atoms with E-state index < -0.39 is 0 Å². The normalized spacial score (nSPS) is 10.4. The minimum atomic E-state index is -0.234. The smallest absolute Gasteiger partial charge is 0.276 e. The lowest BCUT2D eigenvalue weighted by Crippen LogP contribution is -2.31. The zero-order valence-corrected chi connectivity index (χ0v) is 16.1. The molecule has 3 rings (SSSR count). The van der Waals surface area contributed by atoms with Gasteiger partial charge in [0.15, 0.2) is 0 Å². The van der Waals surface area contributed by atoms with Gasteiger partial charge in [0.05, 0.1) is 0 Å². The summed E-state index contributed by atoms with van der Waals surface area (Å²) in [5.41, 5.74) is 3.63. The van der Waals surface area contributed by atoms with Crippen molar-refractivity contribution in [1.82, 2.24) is 10.3 Å². The second-order valence-electron chi connectivity index (χ2n) is 6.42. The van der Waals surface area contributed by atoms with Crippen LogP contribution in [-0.4, -0.2) is 23.3 Å². The lowest BCUT2D eigenvalue weighted by Gasteiger charge is -2.20. The van der Waals surface area contributed by atoms with Crippen LogP contribution in [0.15, 0.2) is 72.9 Å².